The van der Waals surface area contributed by atoms with Crippen LogP contribution in [0.4, 0.5) is 24.5 Å². The zero-order chi connectivity index (χ0) is 24.6. The summed E-state index contributed by atoms with van der Waals surface area (Å²) in [6, 6.07) is 19.1. The van der Waals surface area contributed by atoms with Crippen molar-refractivity contribution in [1.82, 2.24) is 0 Å². The lowest BCUT2D eigenvalue weighted by Crippen LogP contribution is -2.23. The predicted octanol–water partition coefficient (Wildman–Crippen LogP) is 6.40. The SMILES string of the molecule is O=C1CCCC2=C1[C@H](c1ccc(OC(F)(F)F)cc1)Nc1ccc(C(=O)c3ccccc3)cc1N2. The Kier molecular flexibility index (Phi) is 5.80. The Labute approximate surface area is 199 Å². The van der Waals surface area contributed by atoms with E-state index in [-0.39, 0.29) is 17.3 Å². The second-order valence-electron chi connectivity index (χ2n) is 8.44. The number of Topliss-reactive ketones (excluding diaryl/α,β-unsaturated/α-hetero) is 1. The first kappa shape index (κ1) is 22.7. The van der Waals surface area contributed by atoms with Gasteiger partial charge in [-0.1, -0.05) is 42.5 Å². The second-order valence-corrected chi connectivity index (χ2v) is 8.44. The van der Waals surface area contributed by atoms with Crippen molar-refractivity contribution < 1.29 is 27.5 Å². The fourth-order valence-electron chi connectivity index (χ4n) is 4.50. The molecule has 5 nitrogen and oxygen atoms in total. The summed E-state index contributed by atoms with van der Waals surface area (Å²) >= 11 is 0. The number of nitrogens with one attached hydrogen (secondary N) is 2. The first-order valence-corrected chi connectivity index (χ1v) is 11.2. The molecule has 0 amide bonds. The summed E-state index contributed by atoms with van der Waals surface area (Å²) in [5.74, 6) is -0.480. The van der Waals surface area contributed by atoms with Gasteiger partial charge in [0, 0.05) is 28.8 Å². The summed E-state index contributed by atoms with van der Waals surface area (Å²) in [5, 5.41) is 6.71. The maximum Gasteiger partial charge on any atom is 0.573 e. The molecule has 0 radical (unpaired) electrons. The van der Waals surface area contributed by atoms with Gasteiger partial charge in [-0.3, -0.25) is 9.59 Å². The summed E-state index contributed by atoms with van der Waals surface area (Å²) in [6.45, 7) is 0. The Hall–Kier alpha value is -4.07. The van der Waals surface area contributed by atoms with Crippen LogP contribution >= 0.6 is 0 Å². The van der Waals surface area contributed by atoms with Gasteiger partial charge in [0.1, 0.15) is 5.75 Å². The van der Waals surface area contributed by atoms with Gasteiger partial charge in [-0.05, 0) is 48.7 Å². The third-order valence-electron chi connectivity index (χ3n) is 6.09. The molecule has 1 aliphatic carbocycles. The minimum absolute atomic E-state index is 0.0275. The number of ether oxygens (including phenoxy) is 1. The highest BCUT2D eigenvalue weighted by Crippen LogP contribution is 2.41. The van der Waals surface area contributed by atoms with E-state index in [4.69, 9.17) is 0 Å². The molecule has 0 unspecified atom stereocenters. The molecule has 1 aliphatic heterocycles. The van der Waals surface area contributed by atoms with E-state index in [1.807, 2.05) is 6.07 Å². The first-order valence-electron chi connectivity index (χ1n) is 11.2. The molecule has 1 heterocycles. The van der Waals surface area contributed by atoms with Crippen LogP contribution < -0.4 is 15.4 Å². The molecule has 8 heteroatoms. The molecule has 0 bridgehead atoms. The molecule has 35 heavy (non-hydrogen) atoms. The van der Waals surface area contributed by atoms with Crippen LogP contribution in [0.2, 0.25) is 0 Å². The van der Waals surface area contributed by atoms with E-state index in [9.17, 15) is 22.8 Å². The van der Waals surface area contributed by atoms with Gasteiger partial charge >= 0.3 is 6.36 Å². The van der Waals surface area contributed by atoms with Crippen LogP contribution in [0, 0.1) is 0 Å². The van der Waals surface area contributed by atoms with Gasteiger partial charge in [0.15, 0.2) is 11.6 Å². The van der Waals surface area contributed by atoms with E-state index >= 15 is 0 Å². The third kappa shape index (κ3) is 4.77. The molecule has 2 N–H and O–H groups in total. The largest absolute Gasteiger partial charge is 0.573 e. The Morgan fingerprint density at radius 3 is 2.34 bits per heavy atom. The van der Waals surface area contributed by atoms with Crippen molar-refractivity contribution in [3.8, 4) is 5.75 Å². The monoisotopic (exact) mass is 478 g/mol. The number of carbonyl (C=O) groups is 2. The molecule has 0 saturated carbocycles. The molecule has 1 atom stereocenters. The van der Waals surface area contributed by atoms with E-state index in [0.717, 1.165) is 5.70 Å². The van der Waals surface area contributed by atoms with Gasteiger partial charge in [0.25, 0.3) is 0 Å². The lowest BCUT2D eigenvalue weighted by Gasteiger charge is -2.25. The van der Waals surface area contributed by atoms with E-state index < -0.39 is 12.4 Å². The summed E-state index contributed by atoms with van der Waals surface area (Å²) in [4.78, 5) is 25.9. The molecule has 0 spiro atoms. The van der Waals surface area contributed by atoms with Crippen molar-refractivity contribution in [1.29, 1.82) is 0 Å². The van der Waals surface area contributed by atoms with Crippen LogP contribution in [0.15, 0.2) is 84.1 Å². The third-order valence-corrected chi connectivity index (χ3v) is 6.09. The minimum atomic E-state index is -4.78. The number of anilines is 2. The van der Waals surface area contributed by atoms with Crippen LogP contribution in [0.1, 0.15) is 46.8 Å². The van der Waals surface area contributed by atoms with Gasteiger partial charge in [-0.15, -0.1) is 13.2 Å². The summed E-state index contributed by atoms with van der Waals surface area (Å²) in [5.41, 5.74) is 4.33. The number of halogens is 3. The maximum atomic E-state index is 13.0. The Morgan fingerprint density at radius 2 is 1.63 bits per heavy atom. The fraction of sp³-hybridized carbons (Fsp3) is 0.185. The minimum Gasteiger partial charge on any atom is -0.406 e. The average molecular weight is 478 g/mol. The number of fused-ring (bicyclic) bond motifs is 1. The van der Waals surface area contributed by atoms with E-state index in [1.165, 1.54) is 24.3 Å². The van der Waals surface area contributed by atoms with Gasteiger partial charge in [0.2, 0.25) is 0 Å². The smallest absolute Gasteiger partial charge is 0.406 e. The molecule has 3 aromatic rings. The van der Waals surface area contributed by atoms with Crippen molar-refractivity contribution in [3.05, 3.63) is 101 Å². The highest BCUT2D eigenvalue weighted by Gasteiger charge is 2.33. The topological polar surface area (TPSA) is 67.4 Å². The normalized spacial score (nSPS) is 17.5. The van der Waals surface area contributed by atoms with Crippen LogP contribution in [-0.4, -0.2) is 17.9 Å². The Morgan fingerprint density at radius 1 is 0.886 bits per heavy atom. The van der Waals surface area contributed by atoms with Crippen molar-refractivity contribution in [2.45, 2.75) is 31.7 Å². The lowest BCUT2D eigenvalue weighted by molar-refractivity contribution is -0.274. The molecular formula is C27H21F3N2O3. The molecule has 178 valence electrons. The molecule has 0 aromatic heterocycles. The van der Waals surface area contributed by atoms with Crippen molar-refractivity contribution in [2.24, 2.45) is 0 Å². The number of alkyl halides is 3. The van der Waals surface area contributed by atoms with Crippen LogP contribution in [-0.2, 0) is 4.79 Å². The zero-order valence-corrected chi connectivity index (χ0v) is 18.5. The number of hydrogen-bond donors (Lipinski definition) is 2. The number of allylic oxidation sites excluding steroid dienone is 1. The zero-order valence-electron chi connectivity index (χ0n) is 18.5. The van der Waals surface area contributed by atoms with Gasteiger partial charge < -0.3 is 15.4 Å². The maximum absolute atomic E-state index is 13.0. The first-order chi connectivity index (χ1) is 16.8. The lowest BCUT2D eigenvalue weighted by atomic mass is 9.86. The van der Waals surface area contributed by atoms with Gasteiger partial charge in [-0.25, -0.2) is 0 Å². The summed E-state index contributed by atoms with van der Waals surface area (Å²) in [6.07, 6.45) is -3.06. The van der Waals surface area contributed by atoms with E-state index in [1.54, 1.807) is 42.5 Å². The standard InChI is InChI=1S/C27H21F3N2O3/c28-27(29,30)35-19-12-9-16(10-13-19)25-24-21(7-4-8-23(24)33)31-22-15-18(11-14-20(22)32-25)26(34)17-5-2-1-3-6-17/h1-3,5-6,9-15,25,31-32H,4,7-8H2/t25-/m0/s1. The van der Waals surface area contributed by atoms with E-state index in [2.05, 4.69) is 15.4 Å². The second kappa shape index (κ2) is 8.94. The van der Waals surface area contributed by atoms with Crippen LogP contribution in [0.5, 0.6) is 5.75 Å². The van der Waals surface area contributed by atoms with Crippen molar-refractivity contribution in [2.75, 3.05) is 10.6 Å². The van der Waals surface area contributed by atoms with Crippen LogP contribution in [0.3, 0.4) is 0 Å². The molecule has 3 aromatic carbocycles. The van der Waals surface area contributed by atoms with Gasteiger partial charge in [0.05, 0.1) is 17.4 Å². The Bertz CT molecular complexity index is 1320. The highest BCUT2D eigenvalue weighted by molar-refractivity contribution is 6.10. The van der Waals surface area contributed by atoms with Crippen molar-refractivity contribution in [3.63, 3.8) is 0 Å². The fourth-order valence-corrected chi connectivity index (χ4v) is 4.50. The molecule has 0 fully saturated rings. The predicted molar refractivity (Wildman–Crippen MR) is 125 cm³/mol. The van der Waals surface area contributed by atoms with Crippen molar-refractivity contribution >= 4 is 22.9 Å². The molecular weight excluding hydrogens is 457 g/mol. The van der Waals surface area contributed by atoms with E-state index in [0.29, 0.717) is 52.9 Å². The number of hydrogen-bond acceptors (Lipinski definition) is 5. The molecule has 2 aliphatic rings. The number of carbonyl (C=O) groups excluding carboxylic acids is 2. The summed E-state index contributed by atoms with van der Waals surface area (Å²) in [7, 11) is 0. The average Bonchev–Trinajstić information content (AvgIpc) is 3.00. The summed E-state index contributed by atoms with van der Waals surface area (Å²) < 4.78 is 41.7. The van der Waals surface area contributed by atoms with Crippen LogP contribution in [0.25, 0.3) is 0 Å². The highest BCUT2D eigenvalue weighted by atomic mass is 19.4. The quantitative estimate of drug-likeness (QED) is 0.425. The number of ketones is 2. The number of benzene rings is 3. The Balaban J connectivity index is 1.52. The molecule has 5 rings (SSSR count). The molecule has 0 saturated heterocycles. The van der Waals surface area contributed by atoms with Gasteiger partial charge in [-0.2, -0.15) is 0 Å². The number of rotatable bonds is 4.